The molecule has 22 heavy (non-hydrogen) atoms. The molecule has 0 saturated carbocycles. The van der Waals surface area contributed by atoms with Crippen molar-refractivity contribution < 1.29 is 23.9 Å². The summed E-state index contributed by atoms with van der Waals surface area (Å²) in [4.78, 5) is 33.8. The minimum Gasteiger partial charge on any atom is -0.461 e. The molecule has 1 heterocycles. The van der Waals surface area contributed by atoms with E-state index >= 15 is 0 Å². The SMILES string of the molecule is C=C1C(=O)OC2C=C(COC(C)=O)CCC=C(C=O)CCC12. The zero-order valence-corrected chi connectivity index (χ0v) is 12.7. The molecule has 2 unspecified atom stereocenters. The van der Waals surface area contributed by atoms with E-state index in [-0.39, 0.29) is 18.5 Å². The van der Waals surface area contributed by atoms with E-state index in [0.29, 0.717) is 31.3 Å². The number of hydrogen-bond acceptors (Lipinski definition) is 5. The van der Waals surface area contributed by atoms with Gasteiger partial charge in [-0.2, -0.15) is 0 Å². The molecule has 2 rings (SSSR count). The van der Waals surface area contributed by atoms with Crippen LogP contribution in [-0.2, 0) is 23.9 Å². The van der Waals surface area contributed by atoms with Gasteiger partial charge in [0.05, 0.1) is 0 Å². The maximum Gasteiger partial charge on any atom is 0.334 e. The van der Waals surface area contributed by atoms with Gasteiger partial charge < -0.3 is 9.47 Å². The average molecular weight is 304 g/mol. The topological polar surface area (TPSA) is 69.7 Å². The lowest BCUT2D eigenvalue weighted by molar-refractivity contribution is -0.140. The van der Waals surface area contributed by atoms with Gasteiger partial charge in [-0.05, 0) is 42.9 Å². The van der Waals surface area contributed by atoms with Crippen LogP contribution in [0.4, 0.5) is 0 Å². The Morgan fingerprint density at radius 3 is 2.95 bits per heavy atom. The molecule has 5 nitrogen and oxygen atoms in total. The number of fused-ring (bicyclic) bond motifs is 1. The highest BCUT2D eigenvalue weighted by atomic mass is 16.6. The fourth-order valence-corrected chi connectivity index (χ4v) is 2.72. The quantitative estimate of drug-likeness (QED) is 0.346. The van der Waals surface area contributed by atoms with E-state index in [2.05, 4.69) is 6.58 Å². The number of hydrogen-bond donors (Lipinski definition) is 0. The monoisotopic (exact) mass is 304 g/mol. The number of carbonyl (C=O) groups is 3. The first kappa shape index (κ1) is 16.2. The van der Waals surface area contributed by atoms with Crippen LogP contribution < -0.4 is 0 Å². The second-order valence-corrected chi connectivity index (χ2v) is 5.58. The highest BCUT2D eigenvalue weighted by molar-refractivity contribution is 5.91. The van der Waals surface area contributed by atoms with Crippen LogP contribution in [0.5, 0.6) is 0 Å². The van der Waals surface area contributed by atoms with E-state index < -0.39 is 12.1 Å². The summed E-state index contributed by atoms with van der Waals surface area (Å²) in [5.74, 6) is -0.887. The lowest BCUT2D eigenvalue weighted by Gasteiger charge is -2.18. The first-order valence-corrected chi connectivity index (χ1v) is 7.38. The molecule has 0 N–H and O–H groups in total. The van der Waals surface area contributed by atoms with E-state index in [1.165, 1.54) is 6.92 Å². The summed E-state index contributed by atoms with van der Waals surface area (Å²) in [6, 6.07) is 0. The van der Waals surface area contributed by atoms with Gasteiger partial charge in [0.25, 0.3) is 0 Å². The van der Waals surface area contributed by atoms with Crippen LogP contribution in [0.15, 0.2) is 35.5 Å². The summed E-state index contributed by atoms with van der Waals surface area (Å²) in [5, 5.41) is 0. The smallest absolute Gasteiger partial charge is 0.334 e. The minimum atomic E-state index is -0.394. The second kappa shape index (κ2) is 7.20. The van der Waals surface area contributed by atoms with Crippen molar-refractivity contribution in [2.75, 3.05) is 6.61 Å². The highest BCUT2D eigenvalue weighted by Crippen LogP contribution is 2.34. The standard InChI is InChI=1S/C17H20O5/c1-11-15-7-6-13(9-18)4-3-5-14(10-21-12(2)19)8-16(15)22-17(11)20/h4,8-9,15-16H,1,3,5-7,10H2,2H3. The van der Waals surface area contributed by atoms with Gasteiger partial charge in [0.1, 0.15) is 19.0 Å². The summed E-state index contributed by atoms with van der Waals surface area (Å²) >= 11 is 0. The van der Waals surface area contributed by atoms with Gasteiger partial charge in [0, 0.05) is 18.4 Å². The first-order chi connectivity index (χ1) is 10.5. The van der Waals surface area contributed by atoms with Gasteiger partial charge >= 0.3 is 11.9 Å². The molecule has 1 aliphatic heterocycles. The fraction of sp³-hybridized carbons (Fsp3) is 0.471. The third-order valence-corrected chi connectivity index (χ3v) is 3.98. The molecule has 118 valence electrons. The molecule has 5 heteroatoms. The molecule has 1 fully saturated rings. The van der Waals surface area contributed by atoms with Crippen molar-refractivity contribution in [2.45, 2.75) is 38.7 Å². The van der Waals surface area contributed by atoms with Crippen molar-refractivity contribution >= 4 is 18.2 Å². The van der Waals surface area contributed by atoms with Crippen molar-refractivity contribution in [3.8, 4) is 0 Å². The van der Waals surface area contributed by atoms with Gasteiger partial charge in [0.15, 0.2) is 0 Å². The van der Waals surface area contributed by atoms with E-state index in [9.17, 15) is 14.4 Å². The Labute approximate surface area is 129 Å². The molecule has 2 atom stereocenters. The van der Waals surface area contributed by atoms with E-state index in [0.717, 1.165) is 17.4 Å². The largest absolute Gasteiger partial charge is 0.461 e. The Hall–Kier alpha value is -2.17. The molecule has 2 aliphatic rings. The Morgan fingerprint density at radius 2 is 2.27 bits per heavy atom. The predicted molar refractivity (Wildman–Crippen MR) is 79.8 cm³/mol. The molecule has 0 amide bonds. The molecular formula is C17H20O5. The summed E-state index contributed by atoms with van der Waals surface area (Å²) in [5.41, 5.74) is 2.05. The van der Waals surface area contributed by atoms with Crippen LogP contribution in [0.2, 0.25) is 0 Å². The molecule has 1 saturated heterocycles. The number of aldehydes is 1. The van der Waals surface area contributed by atoms with E-state index in [4.69, 9.17) is 9.47 Å². The summed E-state index contributed by atoms with van der Waals surface area (Å²) < 4.78 is 10.4. The number of esters is 2. The van der Waals surface area contributed by atoms with Crippen LogP contribution in [0.3, 0.4) is 0 Å². The van der Waals surface area contributed by atoms with Crippen LogP contribution >= 0.6 is 0 Å². The van der Waals surface area contributed by atoms with Crippen molar-refractivity contribution in [1.82, 2.24) is 0 Å². The fourth-order valence-electron chi connectivity index (χ4n) is 2.72. The highest BCUT2D eigenvalue weighted by Gasteiger charge is 2.37. The van der Waals surface area contributed by atoms with Crippen LogP contribution in [0, 0.1) is 5.92 Å². The number of ether oxygens (including phenoxy) is 2. The van der Waals surface area contributed by atoms with E-state index in [1.807, 2.05) is 12.2 Å². The van der Waals surface area contributed by atoms with Gasteiger partial charge in [-0.25, -0.2) is 4.79 Å². The van der Waals surface area contributed by atoms with Crippen molar-refractivity contribution in [3.05, 3.63) is 35.5 Å². The molecule has 0 spiro atoms. The predicted octanol–water partition coefficient (Wildman–Crippen LogP) is 2.27. The average Bonchev–Trinajstić information content (AvgIpc) is 2.75. The zero-order valence-electron chi connectivity index (χ0n) is 12.7. The van der Waals surface area contributed by atoms with Crippen LogP contribution in [0.1, 0.15) is 32.6 Å². The first-order valence-electron chi connectivity index (χ1n) is 7.38. The summed E-state index contributed by atoms with van der Waals surface area (Å²) in [6.45, 7) is 5.33. The zero-order chi connectivity index (χ0) is 16.1. The molecule has 0 aromatic heterocycles. The van der Waals surface area contributed by atoms with Gasteiger partial charge in [-0.1, -0.05) is 12.7 Å². The molecule has 0 aromatic rings. The minimum absolute atomic E-state index is 0.138. The molecule has 0 aromatic carbocycles. The maximum atomic E-state index is 11.7. The molecule has 0 radical (unpaired) electrons. The summed E-state index contributed by atoms with van der Waals surface area (Å²) in [7, 11) is 0. The Balaban J connectivity index is 2.23. The Kier molecular flexibility index (Phi) is 5.31. The van der Waals surface area contributed by atoms with Crippen molar-refractivity contribution in [3.63, 3.8) is 0 Å². The van der Waals surface area contributed by atoms with Gasteiger partial charge in [0.2, 0.25) is 0 Å². The third-order valence-electron chi connectivity index (χ3n) is 3.98. The molecule has 0 bridgehead atoms. The lowest BCUT2D eigenvalue weighted by Crippen LogP contribution is -2.17. The number of carbonyl (C=O) groups excluding carboxylic acids is 3. The Bertz CT molecular complexity index is 555. The van der Waals surface area contributed by atoms with Crippen molar-refractivity contribution in [1.29, 1.82) is 0 Å². The summed E-state index contributed by atoms with van der Waals surface area (Å²) in [6.07, 6.45) is 6.80. The van der Waals surface area contributed by atoms with Gasteiger partial charge in [-0.15, -0.1) is 0 Å². The number of allylic oxidation sites excluding steroid dienone is 2. The third kappa shape index (κ3) is 3.93. The van der Waals surface area contributed by atoms with Crippen molar-refractivity contribution in [2.24, 2.45) is 5.92 Å². The normalized spacial score (nSPS) is 25.5. The Morgan fingerprint density at radius 1 is 1.50 bits per heavy atom. The van der Waals surface area contributed by atoms with Crippen LogP contribution in [-0.4, -0.2) is 30.9 Å². The van der Waals surface area contributed by atoms with E-state index in [1.54, 1.807) is 0 Å². The van der Waals surface area contributed by atoms with Gasteiger partial charge in [-0.3, -0.25) is 9.59 Å². The maximum absolute atomic E-state index is 11.7. The number of rotatable bonds is 3. The lowest BCUT2D eigenvalue weighted by atomic mass is 9.88. The van der Waals surface area contributed by atoms with Crippen LogP contribution in [0.25, 0.3) is 0 Å². The molecule has 1 aliphatic carbocycles. The molecular weight excluding hydrogens is 284 g/mol. The second-order valence-electron chi connectivity index (χ2n) is 5.58.